The van der Waals surface area contributed by atoms with E-state index >= 15 is 0 Å². The van der Waals surface area contributed by atoms with Crippen LogP contribution in [-0.2, 0) is 6.54 Å². The van der Waals surface area contributed by atoms with Crippen molar-refractivity contribution in [1.82, 2.24) is 5.32 Å². The molecule has 20 heavy (non-hydrogen) atoms. The van der Waals surface area contributed by atoms with Crippen LogP contribution < -0.4 is 10.2 Å². The van der Waals surface area contributed by atoms with E-state index in [2.05, 4.69) is 35.3 Å². The Labute approximate surface area is 122 Å². The molecule has 0 aromatic heterocycles. The van der Waals surface area contributed by atoms with Crippen LogP contribution in [0.3, 0.4) is 0 Å². The number of nitrogens with zero attached hydrogens (tertiary/aromatic N) is 2. The zero-order chi connectivity index (χ0) is 14.4. The fraction of sp³-hybridized carbons (Fsp3) is 0.588. The normalized spacial score (nSPS) is 19.4. The van der Waals surface area contributed by atoms with Gasteiger partial charge in [-0.05, 0) is 44.0 Å². The molecule has 3 nitrogen and oxygen atoms in total. The van der Waals surface area contributed by atoms with E-state index in [1.807, 2.05) is 13.1 Å². The Bertz CT molecular complexity index is 476. The summed E-state index contributed by atoms with van der Waals surface area (Å²) in [7, 11) is 1.93. The second kappa shape index (κ2) is 7.31. The van der Waals surface area contributed by atoms with Gasteiger partial charge in [0.25, 0.3) is 0 Å². The van der Waals surface area contributed by atoms with Crippen molar-refractivity contribution in [1.29, 1.82) is 5.26 Å². The Morgan fingerprint density at radius 1 is 1.35 bits per heavy atom. The minimum absolute atomic E-state index is 0.583. The second-order valence-electron chi connectivity index (χ2n) is 5.60. The zero-order valence-corrected chi connectivity index (χ0v) is 12.7. The summed E-state index contributed by atoms with van der Waals surface area (Å²) < 4.78 is 0. The third kappa shape index (κ3) is 3.32. The molecule has 1 heterocycles. The van der Waals surface area contributed by atoms with Crippen molar-refractivity contribution in [3.63, 3.8) is 0 Å². The van der Waals surface area contributed by atoms with Crippen molar-refractivity contribution >= 4 is 5.69 Å². The van der Waals surface area contributed by atoms with Crippen molar-refractivity contribution < 1.29 is 0 Å². The summed E-state index contributed by atoms with van der Waals surface area (Å²) in [5, 5.41) is 12.6. The van der Waals surface area contributed by atoms with Crippen molar-refractivity contribution in [3.05, 3.63) is 29.3 Å². The highest BCUT2D eigenvalue weighted by molar-refractivity contribution is 5.61. The van der Waals surface area contributed by atoms with E-state index < -0.39 is 0 Å². The largest absolute Gasteiger partial charge is 0.367 e. The minimum atomic E-state index is 0.583. The van der Waals surface area contributed by atoms with Crippen molar-refractivity contribution in [2.24, 2.45) is 0 Å². The maximum absolute atomic E-state index is 9.47. The zero-order valence-electron chi connectivity index (χ0n) is 12.7. The summed E-state index contributed by atoms with van der Waals surface area (Å²) >= 11 is 0. The molecule has 1 aliphatic rings. The van der Waals surface area contributed by atoms with Gasteiger partial charge in [0.1, 0.15) is 6.07 Å². The first kappa shape index (κ1) is 14.9. The molecule has 1 aliphatic heterocycles. The van der Waals surface area contributed by atoms with Gasteiger partial charge in [-0.2, -0.15) is 5.26 Å². The van der Waals surface area contributed by atoms with Crippen molar-refractivity contribution in [3.8, 4) is 6.07 Å². The number of rotatable bonds is 4. The average molecular weight is 271 g/mol. The van der Waals surface area contributed by atoms with Gasteiger partial charge in [-0.15, -0.1) is 0 Å². The smallest absolute Gasteiger partial charge is 0.101 e. The van der Waals surface area contributed by atoms with E-state index in [-0.39, 0.29) is 0 Å². The highest BCUT2D eigenvalue weighted by Gasteiger charge is 2.21. The monoisotopic (exact) mass is 271 g/mol. The fourth-order valence-electron chi connectivity index (χ4n) is 3.16. The molecule has 0 amide bonds. The summed E-state index contributed by atoms with van der Waals surface area (Å²) in [5.41, 5.74) is 3.12. The predicted octanol–water partition coefficient (Wildman–Crippen LogP) is 3.44. The Morgan fingerprint density at radius 3 is 2.90 bits per heavy atom. The summed E-state index contributed by atoms with van der Waals surface area (Å²) in [5.74, 6) is 0. The van der Waals surface area contributed by atoms with E-state index in [9.17, 15) is 5.26 Å². The first-order valence-corrected chi connectivity index (χ1v) is 7.74. The second-order valence-corrected chi connectivity index (χ2v) is 5.60. The Kier molecular flexibility index (Phi) is 5.43. The molecule has 1 fully saturated rings. The SMILES string of the molecule is CCC1CCCCCN1c1ccc(CNC)cc1C#N. The Morgan fingerprint density at radius 2 is 2.20 bits per heavy atom. The maximum atomic E-state index is 9.47. The molecule has 1 aromatic rings. The van der Waals surface area contributed by atoms with Gasteiger partial charge in [-0.3, -0.25) is 0 Å². The van der Waals surface area contributed by atoms with Gasteiger partial charge >= 0.3 is 0 Å². The molecule has 3 heteroatoms. The standard InChI is InChI=1S/C17H25N3/c1-3-16-7-5-4-6-10-20(16)17-9-8-14(13-19-2)11-15(17)12-18/h8-9,11,16,19H,3-7,10,13H2,1-2H3. The molecular formula is C17H25N3. The van der Waals surface area contributed by atoms with Gasteiger partial charge in [0.05, 0.1) is 11.3 Å². The van der Waals surface area contributed by atoms with Crippen LogP contribution >= 0.6 is 0 Å². The third-order valence-electron chi connectivity index (χ3n) is 4.22. The van der Waals surface area contributed by atoms with Crippen LogP contribution in [-0.4, -0.2) is 19.6 Å². The van der Waals surface area contributed by atoms with Gasteiger partial charge in [-0.1, -0.05) is 25.8 Å². The van der Waals surface area contributed by atoms with Gasteiger partial charge < -0.3 is 10.2 Å². The lowest BCUT2D eigenvalue weighted by Crippen LogP contribution is -2.35. The molecule has 0 spiro atoms. The van der Waals surface area contributed by atoms with E-state index in [1.54, 1.807) is 0 Å². The summed E-state index contributed by atoms with van der Waals surface area (Å²) in [4.78, 5) is 2.47. The van der Waals surface area contributed by atoms with Crippen molar-refractivity contribution in [2.75, 3.05) is 18.5 Å². The number of hydrogen-bond donors (Lipinski definition) is 1. The molecule has 0 saturated carbocycles. The highest BCUT2D eigenvalue weighted by atomic mass is 15.2. The van der Waals surface area contributed by atoms with Crippen molar-refractivity contribution in [2.45, 2.75) is 51.6 Å². The summed E-state index contributed by atoms with van der Waals surface area (Å²) in [6.45, 7) is 4.15. The molecule has 1 aromatic carbocycles. The molecule has 0 aliphatic carbocycles. The van der Waals surface area contributed by atoms with Gasteiger partial charge in [0.15, 0.2) is 0 Å². The van der Waals surface area contributed by atoms with Gasteiger partial charge in [0.2, 0.25) is 0 Å². The molecule has 1 saturated heterocycles. The van der Waals surface area contributed by atoms with Gasteiger partial charge in [0, 0.05) is 19.1 Å². The highest BCUT2D eigenvalue weighted by Crippen LogP contribution is 2.29. The topological polar surface area (TPSA) is 39.1 Å². The van der Waals surface area contributed by atoms with Gasteiger partial charge in [-0.25, -0.2) is 0 Å². The van der Waals surface area contributed by atoms with E-state index in [0.717, 1.165) is 30.8 Å². The molecule has 108 valence electrons. The number of hydrogen-bond acceptors (Lipinski definition) is 3. The molecule has 1 unspecified atom stereocenters. The lowest BCUT2D eigenvalue weighted by molar-refractivity contribution is 0.556. The lowest BCUT2D eigenvalue weighted by Gasteiger charge is -2.32. The maximum Gasteiger partial charge on any atom is 0.101 e. The molecule has 0 radical (unpaired) electrons. The molecular weight excluding hydrogens is 246 g/mol. The van der Waals surface area contributed by atoms with Crippen LogP contribution in [0.2, 0.25) is 0 Å². The average Bonchev–Trinajstić information content (AvgIpc) is 2.72. The number of nitriles is 1. The lowest BCUT2D eigenvalue weighted by atomic mass is 10.0. The quantitative estimate of drug-likeness (QED) is 0.911. The summed E-state index contributed by atoms with van der Waals surface area (Å²) in [6.07, 6.45) is 6.27. The fourth-order valence-corrected chi connectivity index (χ4v) is 3.16. The third-order valence-corrected chi connectivity index (χ3v) is 4.22. The van der Waals surface area contributed by atoms with Crippen LogP contribution in [0.25, 0.3) is 0 Å². The number of nitrogens with one attached hydrogen (secondary N) is 1. The summed E-state index contributed by atoms with van der Waals surface area (Å²) in [6, 6.07) is 9.28. The van der Waals surface area contributed by atoms with Crippen LogP contribution in [0.1, 0.15) is 50.2 Å². The predicted molar refractivity (Wildman–Crippen MR) is 83.8 cm³/mol. The van der Waals surface area contributed by atoms with E-state index in [0.29, 0.717) is 6.04 Å². The molecule has 0 bridgehead atoms. The van der Waals surface area contributed by atoms with Crippen LogP contribution in [0.5, 0.6) is 0 Å². The van der Waals surface area contributed by atoms with Crippen LogP contribution in [0, 0.1) is 11.3 Å². The van der Waals surface area contributed by atoms with Crippen LogP contribution in [0.4, 0.5) is 5.69 Å². The molecule has 1 atom stereocenters. The van der Waals surface area contributed by atoms with E-state index in [1.165, 1.54) is 31.2 Å². The Hall–Kier alpha value is -1.53. The Balaban J connectivity index is 2.32. The molecule has 2 rings (SSSR count). The van der Waals surface area contributed by atoms with E-state index in [4.69, 9.17) is 0 Å². The molecule has 1 N–H and O–H groups in total. The number of benzene rings is 1. The number of anilines is 1. The first-order valence-electron chi connectivity index (χ1n) is 7.74. The minimum Gasteiger partial charge on any atom is -0.367 e. The van der Waals surface area contributed by atoms with Crippen LogP contribution in [0.15, 0.2) is 18.2 Å². The first-order chi connectivity index (χ1) is 9.80.